The molecule has 2 bridgehead atoms. The molecule has 0 aromatic heterocycles. The maximum Gasteiger partial charge on any atom is 0.308 e. The Labute approximate surface area is 88.9 Å². The maximum atomic E-state index is 11.1. The number of rotatable bonds is 3. The minimum atomic E-state index is -3.31. The summed E-state index contributed by atoms with van der Waals surface area (Å²) < 4.78 is 24.7. The number of hydrogen-bond donors (Lipinski definition) is 2. The molecule has 2 fully saturated rings. The van der Waals surface area contributed by atoms with Crippen molar-refractivity contribution in [2.45, 2.75) is 25.3 Å². The van der Waals surface area contributed by atoms with Crippen molar-refractivity contribution in [3.05, 3.63) is 0 Å². The van der Waals surface area contributed by atoms with Gasteiger partial charge in [-0.25, -0.2) is 13.1 Å². The first-order valence-corrected chi connectivity index (χ1v) is 6.98. The van der Waals surface area contributed by atoms with E-state index in [2.05, 4.69) is 4.72 Å². The zero-order chi connectivity index (χ0) is 11.2. The van der Waals surface area contributed by atoms with Crippen LogP contribution < -0.4 is 4.72 Å². The minimum absolute atomic E-state index is 0.159. The monoisotopic (exact) mass is 233 g/mol. The summed E-state index contributed by atoms with van der Waals surface area (Å²) >= 11 is 0. The topological polar surface area (TPSA) is 83.5 Å². The van der Waals surface area contributed by atoms with Crippen molar-refractivity contribution in [1.29, 1.82) is 0 Å². The number of aliphatic carboxylic acids is 1. The van der Waals surface area contributed by atoms with Crippen molar-refractivity contribution in [2.75, 3.05) is 6.26 Å². The van der Waals surface area contributed by atoms with Crippen LogP contribution in [0.1, 0.15) is 19.3 Å². The van der Waals surface area contributed by atoms with Gasteiger partial charge in [-0.1, -0.05) is 0 Å². The number of fused-ring (bicyclic) bond motifs is 2. The van der Waals surface area contributed by atoms with E-state index in [0.717, 1.165) is 25.5 Å². The zero-order valence-corrected chi connectivity index (χ0v) is 9.33. The van der Waals surface area contributed by atoms with Gasteiger partial charge in [0.25, 0.3) is 0 Å². The number of carbonyl (C=O) groups is 1. The Balaban J connectivity index is 2.19. The predicted octanol–water partition coefficient (Wildman–Crippen LogP) is 0.0349. The third-order valence-electron chi connectivity index (χ3n) is 3.55. The van der Waals surface area contributed by atoms with Crippen LogP contribution in [0.4, 0.5) is 0 Å². The predicted molar refractivity (Wildman–Crippen MR) is 53.7 cm³/mol. The van der Waals surface area contributed by atoms with Gasteiger partial charge in [-0.2, -0.15) is 0 Å². The quantitative estimate of drug-likeness (QED) is 0.720. The van der Waals surface area contributed by atoms with E-state index in [1.54, 1.807) is 0 Å². The molecule has 0 aromatic carbocycles. The van der Waals surface area contributed by atoms with Crippen LogP contribution in [0, 0.1) is 17.8 Å². The normalized spacial score (nSPS) is 39.5. The fourth-order valence-corrected chi connectivity index (χ4v) is 3.90. The molecule has 4 atom stereocenters. The van der Waals surface area contributed by atoms with Crippen molar-refractivity contribution in [3.8, 4) is 0 Å². The molecule has 0 saturated heterocycles. The Hall–Kier alpha value is -0.620. The van der Waals surface area contributed by atoms with E-state index in [0.29, 0.717) is 0 Å². The molecule has 5 nitrogen and oxygen atoms in total. The van der Waals surface area contributed by atoms with Gasteiger partial charge in [0.15, 0.2) is 0 Å². The summed E-state index contributed by atoms with van der Waals surface area (Å²) in [6, 6.07) is -0.392. The molecule has 0 aromatic rings. The van der Waals surface area contributed by atoms with E-state index >= 15 is 0 Å². The lowest BCUT2D eigenvalue weighted by Crippen LogP contribution is -2.46. The van der Waals surface area contributed by atoms with E-state index in [1.807, 2.05) is 0 Å². The molecule has 6 heteroatoms. The third kappa shape index (κ3) is 2.01. The number of carboxylic acid groups (broad SMARTS) is 1. The second kappa shape index (κ2) is 3.45. The van der Waals surface area contributed by atoms with Gasteiger partial charge < -0.3 is 5.11 Å². The summed E-state index contributed by atoms with van der Waals surface area (Å²) in [5.41, 5.74) is 0. The molecule has 2 N–H and O–H groups in total. The maximum absolute atomic E-state index is 11.1. The van der Waals surface area contributed by atoms with Crippen molar-refractivity contribution in [3.63, 3.8) is 0 Å². The lowest BCUT2D eigenvalue weighted by molar-refractivity contribution is -0.144. The van der Waals surface area contributed by atoms with Crippen LogP contribution in [0.2, 0.25) is 0 Å². The summed E-state index contributed by atoms with van der Waals surface area (Å²) in [6.07, 6.45) is 3.80. The molecular formula is C9H15NO4S. The van der Waals surface area contributed by atoms with E-state index < -0.39 is 28.0 Å². The molecule has 4 unspecified atom stereocenters. The Morgan fingerprint density at radius 1 is 1.33 bits per heavy atom. The van der Waals surface area contributed by atoms with Crippen LogP contribution in [-0.4, -0.2) is 31.8 Å². The van der Waals surface area contributed by atoms with Gasteiger partial charge in [-0.3, -0.25) is 4.79 Å². The van der Waals surface area contributed by atoms with Crippen molar-refractivity contribution < 1.29 is 18.3 Å². The summed E-state index contributed by atoms with van der Waals surface area (Å²) in [5.74, 6) is -1.03. The van der Waals surface area contributed by atoms with Crippen molar-refractivity contribution in [1.82, 2.24) is 4.72 Å². The lowest BCUT2D eigenvalue weighted by atomic mass is 9.85. The first-order chi connectivity index (χ1) is 6.88. The zero-order valence-electron chi connectivity index (χ0n) is 8.51. The standard InChI is InChI=1S/C9H15NO4S/c1-15(13,14)10-8-6-3-2-5(4-6)7(8)9(11)12/h5-8,10H,2-4H2,1H3,(H,11,12). The highest BCUT2D eigenvalue weighted by Gasteiger charge is 2.51. The van der Waals surface area contributed by atoms with Gasteiger partial charge in [0.05, 0.1) is 12.2 Å². The molecule has 15 heavy (non-hydrogen) atoms. The average Bonchev–Trinajstić information content (AvgIpc) is 2.59. The lowest BCUT2D eigenvalue weighted by Gasteiger charge is -2.27. The second-order valence-electron chi connectivity index (χ2n) is 4.61. The molecule has 86 valence electrons. The number of carboxylic acids is 1. The molecule has 2 rings (SSSR count). The summed E-state index contributed by atoms with van der Waals surface area (Å²) in [5, 5.41) is 9.07. The first kappa shape index (κ1) is 10.9. The van der Waals surface area contributed by atoms with E-state index in [1.165, 1.54) is 0 Å². The fraction of sp³-hybridized carbons (Fsp3) is 0.889. The largest absolute Gasteiger partial charge is 0.481 e. The van der Waals surface area contributed by atoms with Gasteiger partial charge >= 0.3 is 5.97 Å². The smallest absolute Gasteiger partial charge is 0.308 e. The molecule has 2 aliphatic rings. The van der Waals surface area contributed by atoms with E-state index in [9.17, 15) is 13.2 Å². The average molecular weight is 233 g/mol. The number of hydrogen-bond acceptors (Lipinski definition) is 3. The highest BCUT2D eigenvalue weighted by Crippen LogP contribution is 2.48. The molecule has 0 aliphatic heterocycles. The van der Waals surface area contributed by atoms with Crippen LogP contribution in [-0.2, 0) is 14.8 Å². The summed E-state index contributed by atoms with van der Waals surface area (Å²) in [6.45, 7) is 0. The number of sulfonamides is 1. The highest BCUT2D eigenvalue weighted by atomic mass is 32.2. The van der Waals surface area contributed by atoms with Crippen LogP contribution in [0.25, 0.3) is 0 Å². The van der Waals surface area contributed by atoms with Gasteiger partial charge in [0, 0.05) is 6.04 Å². The Kier molecular flexibility index (Phi) is 2.50. The Morgan fingerprint density at radius 2 is 1.93 bits per heavy atom. The molecule has 2 saturated carbocycles. The first-order valence-electron chi connectivity index (χ1n) is 5.08. The minimum Gasteiger partial charge on any atom is -0.481 e. The highest BCUT2D eigenvalue weighted by molar-refractivity contribution is 7.88. The van der Waals surface area contributed by atoms with Crippen LogP contribution in [0.5, 0.6) is 0 Å². The molecule has 0 amide bonds. The Morgan fingerprint density at radius 3 is 2.47 bits per heavy atom. The molecule has 0 heterocycles. The third-order valence-corrected chi connectivity index (χ3v) is 4.25. The van der Waals surface area contributed by atoms with Crippen molar-refractivity contribution in [2.24, 2.45) is 17.8 Å². The summed E-state index contributed by atoms with van der Waals surface area (Å²) in [7, 11) is -3.31. The van der Waals surface area contributed by atoms with Crippen LogP contribution in [0.15, 0.2) is 0 Å². The van der Waals surface area contributed by atoms with Crippen LogP contribution >= 0.6 is 0 Å². The van der Waals surface area contributed by atoms with E-state index in [-0.39, 0.29) is 11.8 Å². The van der Waals surface area contributed by atoms with Crippen LogP contribution in [0.3, 0.4) is 0 Å². The SMILES string of the molecule is CS(=O)(=O)NC1C2CCC(C2)C1C(=O)O. The van der Waals surface area contributed by atoms with Crippen molar-refractivity contribution >= 4 is 16.0 Å². The number of nitrogens with one attached hydrogen (secondary N) is 1. The Bertz CT molecular complexity index is 378. The van der Waals surface area contributed by atoms with Gasteiger partial charge in [0.1, 0.15) is 0 Å². The molecule has 0 radical (unpaired) electrons. The molecule has 0 spiro atoms. The van der Waals surface area contributed by atoms with Gasteiger partial charge in [-0.15, -0.1) is 0 Å². The fourth-order valence-electron chi connectivity index (χ4n) is 3.06. The van der Waals surface area contributed by atoms with Gasteiger partial charge in [0.2, 0.25) is 10.0 Å². The van der Waals surface area contributed by atoms with Gasteiger partial charge in [-0.05, 0) is 31.1 Å². The summed E-state index contributed by atoms with van der Waals surface area (Å²) in [4.78, 5) is 11.1. The second-order valence-corrected chi connectivity index (χ2v) is 6.39. The molecule has 2 aliphatic carbocycles. The van der Waals surface area contributed by atoms with E-state index in [4.69, 9.17) is 5.11 Å². The molecular weight excluding hydrogens is 218 g/mol.